The Bertz CT molecular complexity index is 1210. The zero-order valence-corrected chi connectivity index (χ0v) is 19.3. The largest absolute Gasteiger partial charge is 0.497 e. The zero-order valence-electron chi connectivity index (χ0n) is 17.7. The lowest BCUT2D eigenvalue weighted by molar-refractivity contribution is 0.0977. The predicted octanol–water partition coefficient (Wildman–Crippen LogP) is 3.70. The second-order valence-electron chi connectivity index (χ2n) is 7.20. The van der Waals surface area contributed by atoms with Crippen LogP contribution >= 0.6 is 11.6 Å². The summed E-state index contributed by atoms with van der Waals surface area (Å²) in [5, 5.41) is 0.535. The van der Waals surface area contributed by atoms with Crippen molar-refractivity contribution in [3.8, 4) is 5.75 Å². The van der Waals surface area contributed by atoms with Crippen molar-refractivity contribution in [2.24, 2.45) is 0 Å². The third-order valence-electron chi connectivity index (χ3n) is 4.87. The van der Waals surface area contributed by atoms with E-state index in [4.69, 9.17) is 16.3 Å². The third-order valence-corrected chi connectivity index (χ3v) is 6.54. The number of hydrogen-bond acceptors (Lipinski definition) is 6. The highest BCUT2D eigenvalue weighted by Gasteiger charge is 2.19. The van der Waals surface area contributed by atoms with Crippen LogP contribution in [-0.2, 0) is 16.6 Å². The number of rotatable bonds is 9. The first kappa shape index (κ1) is 23.0. The minimum atomic E-state index is -3.71. The maximum Gasteiger partial charge on any atom is 0.283 e. The third kappa shape index (κ3) is 5.54. The van der Waals surface area contributed by atoms with Crippen LogP contribution in [0.1, 0.15) is 48.1 Å². The van der Waals surface area contributed by atoms with Crippen LogP contribution in [0, 0.1) is 6.92 Å². The number of methoxy groups -OCH3 is 1. The molecule has 3 rings (SSSR count). The number of imidazole rings is 1. The normalized spacial score (nSPS) is 11.6. The first-order valence-electron chi connectivity index (χ1n) is 9.95. The van der Waals surface area contributed by atoms with Gasteiger partial charge in [0.15, 0.2) is 5.65 Å². The number of fused-ring (bicyclic) bond motifs is 1. The lowest BCUT2D eigenvalue weighted by atomic mass is 10.2. The van der Waals surface area contributed by atoms with Gasteiger partial charge in [0.2, 0.25) is 10.0 Å². The molecule has 8 nitrogen and oxygen atoms in total. The summed E-state index contributed by atoms with van der Waals surface area (Å²) >= 11 is 6.37. The van der Waals surface area contributed by atoms with Crippen molar-refractivity contribution >= 4 is 38.7 Å². The van der Waals surface area contributed by atoms with Gasteiger partial charge in [-0.1, -0.05) is 37.4 Å². The van der Waals surface area contributed by atoms with Gasteiger partial charge in [-0.05, 0) is 43.2 Å². The molecule has 166 valence electrons. The molecule has 0 fully saturated rings. The Kier molecular flexibility index (Phi) is 7.17. The highest BCUT2D eigenvalue weighted by Crippen LogP contribution is 2.25. The zero-order chi connectivity index (χ0) is 22.6. The van der Waals surface area contributed by atoms with Crippen LogP contribution in [0.3, 0.4) is 0 Å². The van der Waals surface area contributed by atoms with E-state index in [1.165, 1.54) is 6.07 Å². The molecule has 0 saturated carbocycles. The molecule has 0 aliphatic carbocycles. The number of amides is 1. The summed E-state index contributed by atoms with van der Waals surface area (Å²) in [6.07, 6.45) is 2.18. The van der Waals surface area contributed by atoms with Gasteiger partial charge in [0.25, 0.3) is 5.91 Å². The molecule has 2 heterocycles. The van der Waals surface area contributed by atoms with Crippen LogP contribution in [0.4, 0.5) is 0 Å². The summed E-state index contributed by atoms with van der Waals surface area (Å²) in [7, 11) is -2.14. The van der Waals surface area contributed by atoms with Gasteiger partial charge in [0.1, 0.15) is 22.8 Å². The van der Waals surface area contributed by atoms with Crippen molar-refractivity contribution in [1.82, 2.24) is 19.3 Å². The SMILES string of the molecule is CCCCCS(=O)(=O)NC(=O)c1ccc2nc(C)n(Cc3ccc(OC)cc3Cl)c2n1. The van der Waals surface area contributed by atoms with Crippen molar-refractivity contribution in [2.45, 2.75) is 39.7 Å². The topological polar surface area (TPSA) is 103 Å². The lowest BCUT2D eigenvalue weighted by Gasteiger charge is -2.10. The van der Waals surface area contributed by atoms with Gasteiger partial charge in [0.05, 0.1) is 19.4 Å². The Morgan fingerprint density at radius 2 is 1.97 bits per heavy atom. The number of ether oxygens (including phenoxy) is 1. The summed E-state index contributed by atoms with van der Waals surface area (Å²) < 4.78 is 33.4. The second kappa shape index (κ2) is 9.65. The molecule has 1 aromatic carbocycles. The lowest BCUT2D eigenvalue weighted by Crippen LogP contribution is -2.33. The summed E-state index contributed by atoms with van der Waals surface area (Å²) in [6, 6.07) is 8.51. The minimum absolute atomic E-state index is 0.00791. The molecule has 3 aromatic rings. The second-order valence-corrected chi connectivity index (χ2v) is 9.45. The van der Waals surface area contributed by atoms with Crippen LogP contribution in [0.25, 0.3) is 11.2 Å². The van der Waals surface area contributed by atoms with Gasteiger partial charge >= 0.3 is 0 Å². The van der Waals surface area contributed by atoms with Crippen LogP contribution in [0.2, 0.25) is 5.02 Å². The van der Waals surface area contributed by atoms with Gasteiger partial charge in [-0.25, -0.2) is 23.1 Å². The number of carbonyl (C=O) groups is 1. The van der Waals surface area contributed by atoms with E-state index in [0.29, 0.717) is 40.7 Å². The van der Waals surface area contributed by atoms with E-state index < -0.39 is 15.9 Å². The van der Waals surface area contributed by atoms with E-state index in [0.717, 1.165) is 18.4 Å². The molecule has 2 aromatic heterocycles. The first-order chi connectivity index (χ1) is 14.7. The van der Waals surface area contributed by atoms with Gasteiger partial charge in [-0.2, -0.15) is 0 Å². The molecule has 0 aliphatic rings. The van der Waals surface area contributed by atoms with Crippen molar-refractivity contribution in [3.05, 3.63) is 52.4 Å². The van der Waals surface area contributed by atoms with E-state index in [-0.39, 0.29) is 11.4 Å². The molecule has 1 N–H and O–H groups in total. The quantitative estimate of drug-likeness (QED) is 0.484. The van der Waals surface area contributed by atoms with Crippen molar-refractivity contribution < 1.29 is 17.9 Å². The molecule has 0 radical (unpaired) electrons. The van der Waals surface area contributed by atoms with E-state index >= 15 is 0 Å². The number of pyridine rings is 1. The fourth-order valence-corrected chi connectivity index (χ4v) is 4.47. The highest BCUT2D eigenvalue weighted by molar-refractivity contribution is 7.90. The van der Waals surface area contributed by atoms with Crippen molar-refractivity contribution in [3.63, 3.8) is 0 Å². The van der Waals surface area contributed by atoms with Crippen molar-refractivity contribution in [2.75, 3.05) is 12.9 Å². The standard InChI is InChI=1S/C21H25ClN4O4S/c1-4-5-6-11-31(28,29)25-21(27)19-10-9-18-20(24-19)26(14(2)23-18)13-15-7-8-16(30-3)12-17(15)22/h7-10,12H,4-6,11,13H2,1-3H3,(H,25,27). The summed E-state index contributed by atoms with van der Waals surface area (Å²) in [5.74, 6) is 0.491. The van der Waals surface area contributed by atoms with E-state index in [1.54, 1.807) is 19.2 Å². The number of nitrogens with one attached hydrogen (secondary N) is 1. The van der Waals surface area contributed by atoms with E-state index in [1.807, 2.05) is 30.5 Å². The Hall–Kier alpha value is -2.65. The highest BCUT2D eigenvalue weighted by atomic mass is 35.5. The number of nitrogens with zero attached hydrogens (tertiary/aromatic N) is 3. The number of carbonyl (C=O) groups excluding carboxylic acids is 1. The molecule has 1 amide bonds. The van der Waals surface area contributed by atoms with Gasteiger partial charge in [-0.15, -0.1) is 0 Å². The number of aromatic nitrogens is 3. The molecule has 0 spiro atoms. The summed E-state index contributed by atoms with van der Waals surface area (Å²) in [4.78, 5) is 21.4. The number of unbranched alkanes of at least 4 members (excludes halogenated alkanes) is 2. The molecule has 0 aliphatic heterocycles. The van der Waals surface area contributed by atoms with Gasteiger partial charge in [-0.3, -0.25) is 4.79 Å². The average molecular weight is 465 g/mol. The Labute approximate surface area is 186 Å². The average Bonchev–Trinajstić information content (AvgIpc) is 3.03. The monoisotopic (exact) mass is 464 g/mol. The maximum atomic E-state index is 12.5. The molecule has 0 bridgehead atoms. The number of aryl methyl sites for hydroxylation is 1. The molecule has 0 saturated heterocycles. The molecule has 31 heavy (non-hydrogen) atoms. The molecular formula is C21H25ClN4O4S. The Morgan fingerprint density at radius 3 is 2.65 bits per heavy atom. The Morgan fingerprint density at radius 1 is 1.19 bits per heavy atom. The first-order valence-corrected chi connectivity index (χ1v) is 12.0. The maximum absolute atomic E-state index is 12.5. The predicted molar refractivity (Wildman–Crippen MR) is 120 cm³/mol. The number of hydrogen-bond donors (Lipinski definition) is 1. The molecule has 0 unspecified atom stereocenters. The number of halogens is 1. The van der Waals surface area contributed by atoms with Gasteiger partial charge in [0, 0.05) is 5.02 Å². The van der Waals surface area contributed by atoms with Crippen LogP contribution < -0.4 is 9.46 Å². The molecule has 0 atom stereocenters. The fraction of sp³-hybridized carbons (Fsp3) is 0.381. The van der Waals surface area contributed by atoms with Crippen molar-refractivity contribution in [1.29, 1.82) is 0 Å². The molecular weight excluding hydrogens is 440 g/mol. The van der Waals surface area contributed by atoms with E-state index in [9.17, 15) is 13.2 Å². The Balaban J connectivity index is 1.87. The van der Waals surface area contributed by atoms with E-state index in [2.05, 4.69) is 14.7 Å². The smallest absolute Gasteiger partial charge is 0.283 e. The number of benzene rings is 1. The summed E-state index contributed by atoms with van der Waals surface area (Å²) in [6.45, 7) is 4.20. The van der Waals surface area contributed by atoms with Crippen LogP contribution in [-0.4, -0.2) is 41.7 Å². The summed E-state index contributed by atoms with van der Waals surface area (Å²) in [5.41, 5.74) is 1.92. The van der Waals surface area contributed by atoms with Gasteiger partial charge < -0.3 is 9.30 Å². The van der Waals surface area contributed by atoms with Crippen LogP contribution in [0.15, 0.2) is 30.3 Å². The molecule has 10 heteroatoms. The minimum Gasteiger partial charge on any atom is -0.497 e. The fourth-order valence-electron chi connectivity index (χ4n) is 3.17. The van der Waals surface area contributed by atoms with Crippen LogP contribution in [0.5, 0.6) is 5.75 Å². The number of sulfonamides is 1.